The lowest BCUT2D eigenvalue weighted by Gasteiger charge is -1.97. The van der Waals surface area contributed by atoms with E-state index < -0.39 is 0 Å². The van der Waals surface area contributed by atoms with E-state index in [1.165, 1.54) is 38.5 Å². The molecule has 0 N–H and O–H groups in total. The van der Waals surface area contributed by atoms with Crippen LogP contribution in [0.5, 0.6) is 0 Å². The molecule has 0 aromatic carbocycles. The van der Waals surface area contributed by atoms with Crippen LogP contribution in [0, 0.1) is 0 Å². The maximum absolute atomic E-state index is 10.2. The van der Waals surface area contributed by atoms with Crippen LogP contribution in [0.2, 0.25) is 0 Å². The van der Waals surface area contributed by atoms with Gasteiger partial charge < -0.3 is 0 Å². The maximum Gasteiger partial charge on any atom is 0.145 e. The summed E-state index contributed by atoms with van der Waals surface area (Å²) in [5.74, 6) is 0. The fourth-order valence-corrected chi connectivity index (χ4v) is 1.30. The van der Waals surface area contributed by atoms with Gasteiger partial charge in [-0.25, -0.2) is 0 Å². The highest BCUT2D eigenvalue weighted by molar-refractivity contribution is 5.71. The SMILES string of the molecule is CCCCCCCC/C=C(\C)C=O. The summed E-state index contributed by atoms with van der Waals surface area (Å²) in [6.45, 7) is 4.10. The number of unbranched alkanes of at least 4 members (excludes halogenated alkanes) is 6. The molecule has 0 radical (unpaired) electrons. The maximum atomic E-state index is 10.2. The van der Waals surface area contributed by atoms with Crippen LogP contribution in [-0.4, -0.2) is 6.29 Å². The highest BCUT2D eigenvalue weighted by Crippen LogP contribution is 2.07. The molecule has 76 valence electrons. The summed E-state index contributed by atoms with van der Waals surface area (Å²) in [4.78, 5) is 10.2. The van der Waals surface area contributed by atoms with Gasteiger partial charge in [0.05, 0.1) is 0 Å². The molecule has 0 heterocycles. The molecule has 0 aromatic heterocycles. The van der Waals surface area contributed by atoms with Crippen LogP contribution < -0.4 is 0 Å². The standard InChI is InChI=1S/C12H22O/c1-3-4-5-6-7-8-9-10-12(2)11-13/h10-11H,3-9H2,1-2H3/b12-10+. The summed E-state index contributed by atoms with van der Waals surface area (Å²) >= 11 is 0. The van der Waals surface area contributed by atoms with E-state index in [0.717, 1.165) is 18.3 Å². The van der Waals surface area contributed by atoms with Crippen LogP contribution in [0.3, 0.4) is 0 Å². The number of aldehydes is 1. The average molecular weight is 182 g/mol. The van der Waals surface area contributed by atoms with E-state index in [1.54, 1.807) is 0 Å². The van der Waals surface area contributed by atoms with Crippen LogP contribution in [-0.2, 0) is 4.79 Å². The van der Waals surface area contributed by atoms with Crippen LogP contribution in [0.25, 0.3) is 0 Å². The molecule has 0 saturated carbocycles. The van der Waals surface area contributed by atoms with Gasteiger partial charge in [0.1, 0.15) is 6.29 Å². The molecule has 0 fully saturated rings. The summed E-state index contributed by atoms with van der Waals surface area (Å²) in [5, 5.41) is 0. The van der Waals surface area contributed by atoms with Crippen LogP contribution in [0.15, 0.2) is 11.6 Å². The van der Waals surface area contributed by atoms with Gasteiger partial charge in [-0.2, -0.15) is 0 Å². The Balaban J connectivity index is 3.12. The molecule has 0 unspecified atom stereocenters. The molecule has 0 atom stereocenters. The smallest absolute Gasteiger partial charge is 0.145 e. The second-order valence-electron chi connectivity index (χ2n) is 3.62. The van der Waals surface area contributed by atoms with Gasteiger partial charge in [-0.1, -0.05) is 45.1 Å². The molecule has 0 aliphatic rings. The number of carbonyl (C=O) groups excluding carboxylic acids is 1. The fraction of sp³-hybridized carbons (Fsp3) is 0.750. The summed E-state index contributed by atoms with van der Waals surface area (Å²) in [7, 11) is 0. The van der Waals surface area contributed by atoms with Gasteiger partial charge in [0, 0.05) is 0 Å². The number of hydrogen-bond donors (Lipinski definition) is 0. The van der Waals surface area contributed by atoms with Crippen molar-refractivity contribution in [2.24, 2.45) is 0 Å². The minimum Gasteiger partial charge on any atom is -0.298 e. The highest BCUT2D eigenvalue weighted by atomic mass is 16.1. The van der Waals surface area contributed by atoms with E-state index in [-0.39, 0.29) is 0 Å². The van der Waals surface area contributed by atoms with E-state index in [1.807, 2.05) is 13.0 Å². The molecule has 0 saturated heterocycles. The molecule has 0 rings (SSSR count). The van der Waals surface area contributed by atoms with Crippen LogP contribution in [0.4, 0.5) is 0 Å². The minimum absolute atomic E-state index is 0.869. The Morgan fingerprint density at radius 2 is 1.69 bits per heavy atom. The third-order valence-corrected chi connectivity index (χ3v) is 2.21. The molecular formula is C12H22O. The molecule has 1 nitrogen and oxygen atoms in total. The van der Waals surface area contributed by atoms with E-state index >= 15 is 0 Å². The van der Waals surface area contributed by atoms with Crippen molar-refractivity contribution in [2.75, 3.05) is 0 Å². The van der Waals surface area contributed by atoms with Gasteiger partial charge in [0.2, 0.25) is 0 Å². The Bertz CT molecular complexity index is 147. The lowest BCUT2D eigenvalue weighted by Crippen LogP contribution is -1.80. The normalized spacial score (nSPS) is 11.7. The third kappa shape index (κ3) is 9.32. The molecule has 1 heteroatoms. The van der Waals surface area contributed by atoms with Crippen LogP contribution in [0.1, 0.15) is 58.8 Å². The molecule has 0 aromatic rings. The van der Waals surface area contributed by atoms with E-state index in [4.69, 9.17) is 0 Å². The number of rotatable bonds is 8. The van der Waals surface area contributed by atoms with Gasteiger partial charge >= 0.3 is 0 Å². The molecule has 0 bridgehead atoms. The summed E-state index contributed by atoms with van der Waals surface area (Å²) in [6, 6.07) is 0. The number of allylic oxidation sites excluding steroid dienone is 2. The Labute approximate surface area is 82.2 Å². The minimum atomic E-state index is 0.869. The van der Waals surface area contributed by atoms with Crippen molar-refractivity contribution >= 4 is 6.29 Å². The van der Waals surface area contributed by atoms with Crippen molar-refractivity contribution in [3.8, 4) is 0 Å². The molecule has 0 amide bonds. The van der Waals surface area contributed by atoms with E-state index in [2.05, 4.69) is 6.92 Å². The zero-order valence-electron chi connectivity index (χ0n) is 9.01. The Morgan fingerprint density at radius 3 is 2.31 bits per heavy atom. The van der Waals surface area contributed by atoms with Gasteiger partial charge in [-0.05, 0) is 25.3 Å². The molecule has 0 aliphatic carbocycles. The van der Waals surface area contributed by atoms with Gasteiger partial charge in [-0.15, -0.1) is 0 Å². The largest absolute Gasteiger partial charge is 0.298 e. The second-order valence-corrected chi connectivity index (χ2v) is 3.62. The molecule has 0 spiro atoms. The lowest BCUT2D eigenvalue weighted by atomic mass is 10.1. The predicted octanol–water partition coefficient (Wildman–Crippen LogP) is 3.88. The van der Waals surface area contributed by atoms with E-state index in [9.17, 15) is 4.79 Å². The third-order valence-electron chi connectivity index (χ3n) is 2.21. The van der Waals surface area contributed by atoms with Crippen molar-refractivity contribution in [3.05, 3.63) is 11.6 Å². The number of carbonyl (C=O) groups is 1. The molecular weight excluding hydrogens is 160 g/mol. The van der Waals surface area contributed by atoms with Crippen molar-refractivity contribution in [1.29, 1.82) is 0 Å². The highest BCUT2D eigenvalue weighted by Gasteiger charge is 1.89. The van der Waals surface area contributed by atoms with Gasteiger partial charge in [0.15, 0.2) is 0 Å². The lowest BCUT2D eigenvalue weighted by molar-refractivity contribution is -0.104. The number of hydrogen-bond acceptors (Lipinski definition) is 1. The quantitative estimate of drug-likeness (QED) is 0.316. The first kappa shape index (κ1) is 12.4. The Hall–Kier alpha value is -0.590. The van der Waals surface area contributed by atoms with Crippen molar-refractivity contribution in [1.82, 2.24) is 0 Å². The van der Waals surface area contributed by atoms with Gasteiger partial charge in [-0.3, -0.25) is 4.79 Å². The van der Waals surface area contributed by atoms with E-state index in [0.29, 0.717) is 0 Å². The monoisotopic (exact) mass is 182 g/mol. The topological polar surface area (TPSA) is 17.1 Å². The average Bonchev–Trinajstić information content (AvgIpc) is 2.16. The summed E-state index contributed by atoms with van der Waals surface area (Å²) in [6.07, 6.45) is 12.0. The first-order valence-corrected chi connectivity index (χ1v) is 5.43. The zero-order chi connectivity index (χ0) is 9.94. The molecule has 0 aliphatic heterocycles. The first-order valence-electron chi connectivity index (χ1n) is 5.43. The Morgan fingerprint density at radius 1 is 1.08 bits per heavy atom. The first-order chi connectivity index (χ1) is 6.31. The predicted molar refractivity (Wildman–Crippen MR) is 57.8 cm³/mol. The van der Waals surface area contributed by atoms with Crippen molar-refractivity contribution in [3.63, 3.8) is 0 Å². The summed E-state index contributed by atoms with van der Waals surface area (Å²) < 4.78 is 0. The van der Waals surface area contributed by atoms with Crippen molar-refractivity contribution in [2.45, 2.75) is 58.8 Å². The molecule has 13 heavy (non-hydrogen) atoms. The van der Waals surface area contributed by atoms with Crippen molar-refractivity contribution < 1.29 is 4.79 Å². The Kier molecular flexibility index (Phi) is 9.07. The second kappa shape index (κ2) is 9.50. The zero-order valence-corrected chi connectivity index (χ0v) is 9.01. The summed E-state index contributed by atoms with van der Waals surface area (Å²) in [5.41, 5.74) is 0.869. The van der Waals surface area contributed by atoms with Crippen LogP contribution >= 0.6 is 0 Å². The van der Waals surface area contributed by atoms with Gasteiger partial charge in [0.25, 0.3) is 0 Å². The fourth-order valence-electron chi connectivity index (χ4n) is 1.30.